The average molecular weight is 751 g/mol. The molecule has 0 N–H and O–H groups in total. The highest BCUT2D eigenvalue weighted by Crippen LogP contribution is 2.41. The summed E-state index contributed by atoms with van der Waals surface area (Å²) in [4.78, 5) is 10.2. The molecule has 2 aromatic heterocycles. The van der Waals surface area contributed by atoms with E-state index < -0.39 is 0 Å². The molecule has 0 fully saturated rings. The summed E-state index contributed by atoms with van der Waals surface area (Å²) in [6.45, 7) is 0. The molecule has 0 amide bonds. The van der Waals surface area contributed by atoms with Crippen LogP contribution in [0.25, 0.3) is 121 Å². The lowest BCUT2D eigenvalue weighted by Gasteiger charge is -2.15. The number of benzene rings is 10. The van der Waals surface area contributed by atoms with Crippen molar-refractivity contribution < 1.29 is 4.42 Å². The van der Waals surface area contributed by atoms with Gasteiger partial charge in [-0.1, -0.05) is 164 Å². The molecule has 0 aliphatic rings. The number of hydrogen-bond donors (Lipinski definition) is 0. The Morgan fingerprint density at radius 1 is 0.271 bits per heavy atom. The smallest absolute Gasteiger partial charge is 0.160 e. The van der Waals surface area contributed by atoms with E-state index in [-0.39, 0.29) is 0 Å². The fourth-order valence-corrected chi connectivity index (χ4v) is 8.89. The van der Waals surface area contributed by atoms with Crippen LogP contribution < -0.4 is 0 Å². The molecule has 2 heterocycles. The number of fused-ring (bicyclic) bond motifs is 8. The zero-order valence-electron chi connectivity index (χ0n) is 31.9. The van der Waals surface area contributed by atoms with E-state index in [1.165, 1.54) is 59.8 Å². The Hall–Kier alpha value is -7.88. The zero-order valence-corrected chi connectivity index (χ0v) is 31.9. The first-order valence-corrected chi connectivity index (χ1v) is 20.0. The summed E-state index contributed by atoms with van der Waals surface area (Å²) in [5.74, 6) is 0.686. The standard InChI is InChI=1S/C56H34N2O/c1-2-11-38(12-3-1)56-57-51(34-52(58-56)43-27-28-48-47-16-8-9-17-53(47)59-54(48)33-43)37-20-18-35(19-21-37)39-22-23-41-31-44(25-24-40(41)30-39)55-46-15-7-5-13-42(46)32-50-45-14-6-4-10-36(45)26-29-49(50)55/h1-34H. The number of para-hydroxylation sites is 1. The van der Waals surface area contributed by atoms with Gasteiger partial charge in [0, 0.05) is 27.5 Å². The molecule has 59 heavy (non-hydrogen) atoms. The maximum Gasteiger partial charge on any atom is 0.160 e. The van der Waals surface area contributed by atoms with Gasteiger partial charge in [-0.25, -0.2) is 9.97 Å². The zero-order chi connectivity index (χ0) is 38.9. The summed E-state index contributed by atoms with van der Waals surface area (Å²) in [6, 6.07) is 73.6. The Bertz CT molecular complexity index is 3600. The van der Waals surface area contributed by atoms with E-state index in [0.29, 0.717) is 5.82 Å². The summed E-state index contributed by atoms with van der Waals surface area (Å²) in [5, 5.41) is 12.3. The molecular weight excluding hydrogens is 717 g/mol. The highest BCUT2D eigenvalue weighted by molar-refractivity contribution is 6.20. The summed E-state index contributed by atoms with van der Waals surface area (Å²) in [5.41, 5.74) is 11.3. The van der Waals surface area contributed by atoms with Crippen molar-refractivity contribution in [1.82, 2.24) is 9.97 Å². The molecule has 3 heteroatoms. The first-order valence-electron chi connectivity index (χ1n) is 20.0. The van der Waals surface area contributed by atoms with Gasteiger partial charge >= 0.3 is 0 Å². The number of furan rings is 1. The Balaban J connectivity index is 0.908. The van der Waals surface area contributed by atoms with Crippen LogP contribution in [0.3, 0.4) is 0 Å². The van der Waals surface area contributed by atoms with Crippen molar-refractivity contribution in [2.75, 3.05) is 0 Å². The third-order valence-corrected chi connectivity index (χ3v) is 11.8. The minimum absolute atomic E-state index is 0.686. The molecule has 0 radical (unpaired) electrons. The lowest BCUT2D eigenvalue weighted by atomic mass is 9.89. The fraction of sp³-hybridized carbons (Fsp3) is 0. The Morgan fingerprint density at radius 3 is 1.68 bits per heavy atom. The van der Waals surface area contributed by atoms with Crippen LogP contribution in [-0.2, 0) is 0 Å². The van der Waals surface area contributed by atoms with E-state index in [4.69, 9.17) is 14.4 Å². The van der Waals surface area contributed by atoms with E-state index in [9.17, 15) is 0 Å². The Labute approximate surface area is 340 Å². The quantitative estimate of drug-likeness (QED) is 0.130. The molecule has 0 unspecified atom stereocenters. The summed E-state index contributed by atoms with van der Waals surface area (Å²) < 4.78 is 6.25. The first-order chi connectivity index (χ1) is 29.2. The van der Waals surface area contributed by atoms with E-state index in [2.05, 4.69) is 170 Å². The molecule has 10 aromatic carbocycles. The van der Waals surface area contributed by atoms with Gasteiger partial charge in [0.15, 0.2) is 5.82 Å². The van der Waals surface area contributed by atoms with Crippen molar-refractivity contribution in [3.8, 4) is 56.2 Å². The molecule has 12 aromatic rings. The number of hydrogen-bond acceptors (Lipinski definition) is 3. The minimum atomic E-state index is 0.686. The molecule has 0 saturated carbocycles. The molecule has 0 bridgehead atoms. The van der Waals surface area contributed by atoms with E-state index in [1.807, 2.05) is 36.4 Å². The molecule has 0 saturated heterocycles. The highest BCUT2D eigenvalue weighted by atomic mass is 16.3. The van der Waals surface area contributed by atoms with E-state index in [0.717, 1.165) is 55.6 Å². The van der Waals surface area contributed by atoms with Gasteiger partial charge in [-0.05, 0) is 108 Å². The molecule has 274 valence electrons. The second-order valence-corrected chi connectivity index (χ2v) is 15.3. The Morgan fingerprint density at radius 2 is 0.847 bits per heavy atom. The predicted octanol–water partition coefficient (Wildman–Crippen LogP) is 15.3. The summed E-state index contributed by atoms with van der Waals surface area (Å²) >= 11 is 0. The van der Waals surface area contributed by atoms with Gasteiger partial charge < -0.3 is 4.42 Å². The largest absolute Gasteiger partial charge is 0.456 e. The fourth-order valence-electron chi connectivity index (χ4n) is 8.89. The third kappa shape index (κ3) is 5.67. The van der Waals surface area contributed by atoms with Crippen molar-refractivity contribution in [3.63, 3.8) is 0 Å². The predicted molar refractivity (Wildman–Crippen MR) is 247 cm³/mol. The SMILES string of the molecule is c1ccc(-c2nc(-c3ccc(-c4ccc5cc(-c6c7ccccc7cc7c6ccc6ccccc67)ccc5c4)cc3)cc(-c3ccc4c(c3)oc3ccccc34)n2)cc1. The molecular formula is C56H34N2O. The van der Waals surface area contributed by atoms with Crippen LogP contribution in [-0.4, -0.2) is 9.97 Å². The molecule has 0 aliphatic carbocycles. The van der Waals surface area contributed by atoms with Gasteiger partial charge in [0.1, 0.15) is 11.2 Å². The van der Waals surface area contributed by atoms with E-state index >= 15 is 0 Å². The molecule has 0 atom stereocenters. The van der Waals surface area contributed by atoms with Crippen LogP contribution in [0.4, 0.5) is 0 Å². The lowest BCUT2D eigenvalue weighted by Crippen LogP contribution is -1.96. The molecule has 0 aliphatic heterocycles. The topological polar surface area (TPSA) is 38.9 Å². The van der Waals surface area contributed by atoms with Crippen LogP contribution in [0.5, 0.6) is 0 Å². The van der Waals surface area contributed by atoms with Crippen molar-refractivity contribution in [2.45, 2.75) is 0 Å². The van der Waals surface area contributed by atoms with Crippen molar-refractivity contribution >= 4 is 65.0 Å². The normalized spacial score (nSPS) is 11.7. The van der Waals surface area contributed by atoms with Gasteiger partial charge in [0.25, 0.3) is 0 Å². The Kier molecular flexibility index (Phi) is 7.54. The summed E-state index contributed by atoms with van der Waals surface area (Å²) in [7, 11) is 0. The lowest BCUT2D eigenvalue weighted by molar-refractivity contribution is 0.669. The maximum absolute atomic E-state index is 6.25. The monoisotopic (exact) mass is 750 g/mol. The number of aromatic nitrogens is 2. The van der Waals surface area contributed by atoms with Crippen molar-refractivity contribution in [2.24, 2.45) is 0 Å². The van der Waals surface area contributed by atoms with Crippen LogP contribution in [0.2, 0.25) is 0 Å². The molecule has 0 spiro atoms. The van der Waals surface area contributed by atoms with Gasteiger partial charge in [-0.15, -0.1) is 0 Å². The van der Waals surface area contributed by atoms with Crippen molar-refractivity contribution in [1.29, 1.82) is 0 Å². The molecule has 3 nitrogen and oxygen atoms in total. The van der Waals surface area contributed by atoms with Crippen LogP contribution in [0.15, 0.2) is 211 Å². The van der Waals surface area contributed by atoms with Crippen LogP contribution in [0.1, 0.15) is 0 Å². The second-order valence-electron chi connectivity index (χ2n) is 15.3. The average Bonchev–Trinajstić information content (AvgIpc) is 3.69. The van der Waals surface area contributed by atoms with Gasteiger partial charge in [-0.3, -0.25) is 0 Å². The van der Waals surface area contributed by atoms with Crippen molar-refractivity contribution in [3.05, 3.63) is 206 Å². The van der Waals surface area contributed by atoms with Crippen LogP contribution in [0, 0.1) is 0 Å². The molecule has 12 rings (SSSR count). The van der Waals surface area contributed by atoms with Crippen LogP contribution >= 0.6 is 0 Å². The van der Waals surface area contributed by atoms with Gasteiger partial charge in [0.05, 0.1) is 11.4 Å². The van der Waals surface area contributed by atoms with Gasteiger partial charge in [0.2, 0.25) is 0 Å². The number of rotatable bonds is 5. The second kappa shape index (κ2) is 13.4. The first kappa shape index (κ1) is 33.3. The third-order valence-electron chi connectivity index (χ3n) is 11.8. The summed E-state index contributed by atoms with van der Waals surface area (Å²) in [6.07, 6.45) is 0. The highest BCUT2D eigenvalue weighted by Gasteiger charge is 2.15. The maximum atomic E-state index is 6.25. The van der Waals surface area contributed by atoms with Gasteiger partial charge in [-0.2, -0.15) is 0 Å². The van der Waals surface area contributed by atoms with E-state index in [1.54, 1.807) is 0 Å². The minimum Gasteiger partial charge on any atom is -0.456 e. The number of nitrogens with zero attached hydrogens (tertiary/aromatic N) is 2.